The smallest absolute Gasteiger partial charge is 0.257 e. The van der Waals surface area contributed by atoms with Gasteiger partial charge in [0, 0.05) is 11.5 Å². The lowest BCUT2D eigenvalue weighted by atomic mass is 10.2. The van der Waals surface area contributed by atoms with Crippen LogP contribution in [0.4, 0.5) is 5.13 Å². The molecule has 0 saturated carbocycles. The van der Waals surface area contributed by atoms with Crippen LogP contribution in [0.3, 0.4) is 0 Å². The summed E-state index contributed by atoms with van der Waals surface area (Å²) in [5, 5.41) is 12.3. The molecule has 1 N–H and O–H groups in total. The Morgan fingerprint density at radius 3 is 2.55 bits per heavy atom. The average Bonchev–Trinajstić information content (AvgIpc) is 2.94. The van der Waals surface area contributed by atoms with E-state index in [0.29, 0.717) is 27.2 Å². The molecule has 22 heavy (non-hydrogen) atoms. The summed E-state index contributed by atoms with van der Waals surface area (Å²) in [4.78, 5) is 12.3. The fraction of sp³-hybridized carbons (Fsp3) is 0.357. The minimum absolute atomic E-state index is 0.263. The molecule has 0 aliphatic carbocycles. The molecule has 0 aliphatic rings. The van der Waals surface area contributed by atoms with Crippen LogP contribution >= 0.6 is 22.9 Å². The first-order chi connectivity index (χ1) is 10.5. The highest BCUT2D eigenvalue weighted by Gasteiger charge is 2.17. The highest BCUT2D eigenvalue weighted by molar-refractivity contribution is 7.15. The molecule has 0 spiro atoms. The zero-order chi connectivity index (χ0) is 16.3. The second-order valence-corrected chi connectivity index (χ2v) is 6.16. The summed E-state index contributed by atoms with van der Waals surface area (Å²) in [6.07, 6.45) is 0. The Morgan fingerprint density at radius 1 is 1.27 bits per heavy atom. The van der Waals surface area contributed by atoms with Crippen LogP contribution in [0.1, 0.15) is 35.1 Å². The SMILES string of the molecule is COc1cc(C(=O)Nc2nnc(C(C)C)s2)cc(Cl)c1OC. The highest BCUT2D eigenvalue weighted by Crippen LogP contribution is 2.36. The fourth-order valence-electron chi connectivity index (χ4n) is 1.74. The standard InChI is InChI=1S/C14H16ClN3O3S/c1-7(2)13-17-18-14(22-13)16-12(19)8-5-9(15)11(21-4)10(6-8)20-3/h5-7H,1-4H3,(H,16,18,19). The topological polar surface area (TPSA) is 73.3 Å². The third-order valence-electron chi connectivity index (χ3n) is 2.85. The number of aromatic nitrogens is 2. The van der Waals surface area contributed by atoms with E-state index in [1.807, 2.05) is 13.8 Å². The van der Waals surface area contributed by atoms with Gasteiger partial charge >= 0.3 is 0 Å². The van der Waals surface area contributed by atoms with Gasteiger partial charge in [0.1, 0.15) is 5.01 Å². The van der Waals surface area contributed by atoms with Gasteiger partial charge in [-0.05, 0) is 12.1 Å². The van der Waals surface area contributed by atoms with Gasteiger partial charge in [-0.1, -0.05) is 36.8 Å². The molecule has 0 bridgehead atoms. The van der Waals surface area contributed by atoms with Crippen molar-refractivity contribution in [2.24, 2.45) is 0 Å². The highest BCUT2D eigenvalue weighted by atomic mass is 35.5. The Balaban J connectivity index is 2.23. The quantitative estimate of drug-likeness (QED) is 0.899. The van der Waals surface area contributed by atoms with Crippen molar-refractivity contribution < 1.29 is 14.3 Å². The van der Waals surface area contributed by atoms with E-state index in [4.69, 9.17) is 21.1 Å². The zero-order valence-corrected chi connectivity index (χ0v) is 14.2. The number of amides is 1. The molecule has 1 heterocycles. The average molecular weight is 342 g/mol. The maximum atomic E-state index is 12.3. The molecule has 0 saturated heterocycles. The second-order valence-electron chi connectivity index (χ2n) is 4.75. The van der Waals surface area contributed by atoms with Gasteiger partial charge in [0.25, 0.3) is 5.91 Å². The van der Waals surface area contributed by atoms with Crippen molar-refractivity contribution in [1.82, 2.24) is 10.2 Å². The number of nitrogens with zero attached hydrogens (tertiary/aromatic N) is 2. The number of nitrogens with one attached hydrogen (secondary N) is 1. The predicted octanol–water partition coefficient (Wildman–Crippen LogP) is 3.58. The summed E-state index contributed by atoms with van der Waals surface area (Å²) in [5.41, 5.74) is 0.351. The number of hydrogen-bond donors (Lipinski definition) is 1. The van der Waals surface area contributed by atoms with Crippen LogP contribution in [0, 0.1) is 0 Å². The van der Waals surface area contributed by atoms with Gasteiger partial charge in [-0.25, -0.2) is 0 Å². The van der Waals surface area contributed by atoms with E-state index >= 15 is 0 Å². The molecule has 0 atom stereocenters. The van der Waals surface area contributed by atoms with Crippen LogP contribution in [0.15, 0.2) is 12.1 Å². The zero-order valence-electron chi connectivity index (χ0n) is 12.6. The number of halogens is 1. The summed E-state index contributed by atoms with van der Waals surface area (Å²) >= 11 is 7.44. The summed E-state index contributed by atoms with van der Waals surface area (Å²) in [5.74, 6) is 0.701. The number of carbonyl (C=O) groups excluding carboxylic acids is 1. The minimum atomic E-state index is -0.339. The van der Waals surface area contributed by atoms with Gasteiger partial charge in [0.15, 0.2) is 11.5 Å². The molecule has 0 aliphatic heterocycles. The van der Waals surface area contributed by atoms with E-state index in [-0.39, 0.29) is 11.8 Å². The fourth-order valence-corrected chi connectivity index (χ4v) is 2.77. The van der Waals surface area contributed by atoms with Crippen molar-refractivity contribution in [1.29, 1.82) is 0 Å². The van der Waals surface area contributed by atoms with Crippen LogP contribution in [-0.4, -0.2) is 30.3 Å². The van der Waals surface area contributed by atoms with Crippen molar-refractivity contribution in [2.75, 3.05) is 19.5 Å². The van der Waals surface area contributed by atoms with E-state index in [2.05, 4.69) is 15.5 Å². The molecule has 0 radical (unpaired) electrons. The van der Waals surface area contributed by atoms with Gasteiger partial charge in [0.05, 0.1) is 19.2 Å². The van der Waals surface area contributed by atoms with Crippen LogP contribution in [0.2, 0.25) is 5.02 Å². The van der Waals surface area contributed by atoms with Gasteiger partial charge in [0.2, 0.25) is 5.13 Å². The number of hydrogen-bond acceptors (Lipinski definition) is 6. The maximum Gasteiger partial charge on any atom is 0.257 e. The van der Waals surface area contributed by atoms with Crippen LogP contribution < -0.4 is 14.8 Å². The summed E-state index contributed by atoms with van der Waals surface area (Å²) in [6, 6.07) is 3.08. The number of anilines is 1. The number of rotatable bonds is 5. The van der Waals surface area contributed by atoms with Gasteiger partial charge in [-0.15, -0.1) is 10.2 Å². The van der Waals surface area contributed by atoms with Crippen molar-refractivity contribution >= 4 is 34.0 Å². The van der Waals surface area contributed by atoms with Crippen LogP contribution in [0.5, 0.6) is 11.5 Å². The van der Waals surface area contributed by atoms with Gasteiger partial charge in [-0.2, -0.15) is 0 Å². The Labute approximate surface area is 137 Å². The number of carbonyl (C=O) groups is 1. The summed E-state index contributed by atoms with van der Waals surface area (Å²) in [6.45, 7) is 4.03. The van der Waals surface area contributed by atoms with E-state index in [1.54, 1.807) is 6.07 Å². The lowest BCUT2D eigenvalue weighted by Crippen LogP contribution is -2.12. The summed E-state index contributed by atoms with van der Waals surface area (Å²) in [7, 11) is 2.97. The Hall–Kier alpha value is -1.86. The van der Waals surface area contributed by atoms with E-state index in [1.165, 1.54) is 31.6 Å². The molecule has 0 unspecified atom stereocenters. The number of methoxy groups -OCH3 is 2. The van der Waals surface area contributed by atoms with E-state index in [9.17, 15) is 4.79 Å². The molecule has 6 nitrogen and oxygen atoms in total. The third kappa shape index (κ3) is 3.48. The molecule has 2 rings (SSSR count). The normalized spacial score (nSPS) is 10.6. The molecule has 2 aromatic rings. The van der Waals surface area contributed by atoms with Gasteiger partial charge in [-0.3, -0.25) is 10.1 Å². The number of benzene rings is 1. The molecule has 1 aromatic heterocycles. The lowest BCUT2D eigenvalue weighted by Gasteiger charge is -2.11. The molecular weight excluding hydrogens is 326 g/mol. The summed E-state index contributed by atoms with van der Waals surface area (Å²) < 4.78 is 10.3. The van der Waals surface area contributed by atoms with E-state index in [0.717, 1.165) is 5.01 Å². The predicted molar refractivity (Wildman–Crippen MR) is 86.5 cm³/mol. The molecule has 8 heteroatoms. The molecule has 1 aromatic carbocycles. The Morgan fingerprint density at radius 2 is 2.00 bits per heavy atom. The molecule has 0 fully saturated rings. The second kappa shape index (κ2) is 6.93. The molecule has 1 amide bonds. The van der Waals surface area contributed by atoms with Crippen molar-refractivity contribution in [3.05, 3.63) is 27.7 Å². The van der Waals surface area contributed by atoms with Crippen molar-refractivity contribution in [3.63, 3.8) is 0 Å². The largest absolute Gasteiger partial charge is 0.493 e. The van der Waals surface area contributed by atoms with Crippen LogP contribution in [-0.2, 0) is 0 Å². The minimum Gasteiger partial charge on any atom is -0.493 e. The first-order valence-corrected chi connectivity index (χ1v) is 7.72. The van der Waals surface area contributed by atoms with Gasteiger partial charge < -0.3 is 9.47 Å². The van der Waals surface area contributed by atoms with Crippen molar-refractivity contribution in [3.8, 4) is 11.5 Å². The van der Waals surface area contributed by atoms with Crippen LogP contribution in [0.25, 0.3) is 0 Å². The Bertz CT molecular complexity index is 688. The third-order valence-corrected chi connectivity index (χ3v) is 4.27. The van der Waals surface area contributed by atoms with E-state index < -0.39 is 0 Å². The monoisotopic (exact) mass is 341 g/mol. The molecule has 118 valence electrons. The Kier molecular flexibility index (Phi) is 5.20. The first kappa shape index (κ1) is 16.5. The first-order valence-electron chi connectivity index (χ1n) is 6.52. The molecular formula is C14H16ClN3O3S. The van der Waals surface area contributed by atoms with Crippen molar-refractivity contribution in [2.45, 2.75) is 19.8 Å². The number of ether oxygens (including phenoxy) is 2. The maximum absolute atomic E-state index is 12.3. The lowest BCUT2D eigenvalue weighted by molar-refractivity contribution is 0.102.